The molecule has 1 aromatic carbocycles. The maximum absolute atomic E-state index is 13.2. The maximum Gasteiger partial charge on any atom is 0.126 e. The lowest BCUT2D eigenvalue weighted by Gasteiger charge is -2.15. The van der Waals surface area contributed by atoms with Crippen molar-refractivity contribution in [1.29, 1.82) is 0 Å². The summed E-state index contributed by atoms with van der Waals surface area (Å²) >= 11 is 0. The molecular weight excluding hydrogens is 193 g/mol. The van der Waals surface area contributed by atoms with Crippen molar-refractivity contribution in [3.8, 4) is 5.75 Å². The van der Waals surface area contributed by atoms with Crippen LogP contribution in [0.2, 0.25) is 0 Å². The smallest absolute Gasteiger partial charge is 0.126 e. The highest BCUT2D eigenvalue weighted by molar-refractivity contribution is 5.42. The fraction of sp³-hybridized carbons (Fsp3) is 0.500. The fourth-order valence-corrected chi connectivity index (χ4v) is 1.96. The number of halogens is 1. The highest BCUT2D eigenvalue weighted by Crippen LogP contribution is 2.48. The van der Waals surface area contributed by atoms with E-state index in [-0.39, 0.29) is 11.2 Å². The van der Waals surface area contributed by atoms with Gasteiger partial charge in [-0.1, -0.05) is 6.07 Å². The predicted octanol–water partition coefficient (Wildman–Crippen LogP) is 2.41. The normalized spacial score (nSPS) is 19.9. The van der Waals surface area contributed by atoms with E-state index in [0.29, 0.717) is 12.1 Å². The van der Waals surface area contributed by atoms with Crippen molar-refractivity contribution in [2.45, 2.75) is 31.4 Å². The van der Waals surface area contributed by atoms with Gasteiger partial charge in [0.25, 0.3) is 0 Å². The second kappa shape index (κ2) is 3.49. The quantitative estimate of drug-likeness (QED) is 0.803. The van der Waals surface area contributed by atoms with Crippen LogP contribution < -0.4 is 5.73 Å². The van der Waals surface area contributed by atoms with E-state index < -0.39 is 6.17 Å². The van der Waals surface area contributed by atoms with Crippen LogP contribution in [0.4, 0.5) is 4.39 Å². The van der Waals surface area contributed by atoms with Crippen LogP contribution >= 0.6 is 0 Å². The van der Waals surface area contributed by atoms with Gasteiger partial charge in [0.2, 0.25) is 0 Å². The minimum absolute atomic E-state index is 0.0292. The first-order valence-corrected chi connectivity index (χ1v) is 5.26. The minimum Gasteiger partial charge on any atom is -0.508 e. The number of phenolic OH excluding ortho intramolecular Hbond substituents is 1. The van der Waals surface area contributed by atoms with Gasteiger partial charge in [-0.25, -0.2) is 4.39 Å². The molecular formula is C12H16FNO. The summed E-state index contributed by atoms with van der Waals surface area (Å²) in [6, 6.07) is 5.16. The monoisotopic (exact) mass is 209 g/mol. The molecule has 1 fully saturated rings. The van der Waals surface area contributed by atoms with E-state index in [1.54, 1.807) is 12.1 Å². The Bertz CT molecular complexity index is 372. The van der Waals surface area contributed by atoms with Crippen molar-refractivity contribution in [2.24, 2.45) is 5.73 Å². The van der Waals surface area contributed by atoms with Crippen LogP contribution in [0.5, 0.6) is 5.75 Å². The van der Waals surface area contributed by atoms with Gasteiger partial charge in [-0.05, 0) is 37.5 Å². The van der Waals surface area contributed by atoms with Crippen molar-refractivity contribution in [3.05, 3.63) is 29.3 Å². The number of benzene rings is 1. The highest BCUT2D eigenvalue weighted by Gasteiger charge is 2.43. The lowest BCUT2D eigenvalue weighted by molar-refractivity contribution is 0.356. The largest absolute Gasteiger partial charge is 0.508 e. The summed E-state index contributed by atoms with van der Waals surface area (Å²) in [4.78, 5) is 0. The van der Waals surface area contributed by atoms with E-state index in [0.717, 1.165) is 18.4 Å². The SMILES string of the molecule is CC(F)c1cc(C2(CN)CC2)ccc1O. The predicted molar refractivity (Wildman–Crippen MR) is 57.6 cm³/mol. The zero-order valence-electron chi connectivity index (χ0n) is 8.83. The van der Waals surface area contributed by atoms with E-state index in [2.05, 4.69) is 0 Å². The zero-order valence-corrected chi connectivity index (χ0v) is 8.83. The Kier molecular flexibility index (Phi) is 2.43. The van der Waals surface area contributed by atoms with E-state index >= 15 is 0 Å². The lowest BCUT2D eigenvalue weighted by Crippen LogP contribution is -2.19. The summed E-state index contributed by atoms with van der Waals surface area (Å²) in [6.07, 6.45) is 0.987. The van der Waals surface area contributed by atoms with Gasteiger partial charge in [0.05, 0.1) is 0 Å². The molecule has 0 aliphatic heterocycles. The first-order chi connectivity index (χ1) is 7.09. The molecule has 0 bridgehead atoms. The van der Waals surface area contributed by atoms with Crippen molar-refractivity contribution in [3.63, 3.8) is 0 Å². The van der Waals surface area contributed by atoms with E-state index in [9.17, 15) is 9.50 Å². The molecule has 82 valence electrons. The Hall–Kier alpha value is -1.09. The lowest BCUT2D eigenvalue weighted by atomic mass is 9.93. The van der Waals surface area contributed by atoms with Crippen molar-refractivity contribution in [2.75, 3.05) is 6.54 Å². The van der Waals surface area contributed by atoms with Gasteiger partial charge >= 0.3 is 0 Å². The molecule has 1 saturated carbocycles. The van der Waals surface area contributed by atoms with Gasteiger partial charge in [-0.15, -0.1) is 0 Å². The molecule has 0 aromatic heterocycles. The Morgan fingerprint density at radius 3 is 2.67 bits per heavy atom. The maximum atomic E-state index is 13.2. The van der Waals surface area contributed by atoms with Crippen molar-refractivity contribution in [1.82, 2.24) is 0 Å². The van der Waals surface area contributed by atoms with Gasteiger partial charge in [0.1, 0.15) is 11.9 Å². The Balaban J connectivity index is 2.39. The molecule has 2 nitrogen and oxygen atoms in total. The number of hydrogen-bond acceptors (Lipinski definition) is 2. The Morgan fingerprint density at radius 1 is 1.53 bits per heavy atom. The van der Waals surface area contributed by atoms with Crippen LogP contribution in [0, 0.1) is 0 Å². The van der Waals surface area contributed by atoms with Gasteiger partial charge < -0.3 is 10.8 Å². The minimum atomic E-state index is -1.14. The summed E-state index contributed by atoms with van der Waals surface area (Å²) in [6.45, 7) is 2.03. The van der Waals surface area contributed by atoms with Crippen molar-refractivity contribution >= 4 is 0 Å². The van der Waals surface area contributed by atoms with Gasteiger partial charge in [-0.3, -0.25) is 0 Å². The Morgan fingerprint density at radius 2 is 2.20 bits per heavy atom. The number of rotatable bonds is 3. The molecule has 1 unspecified atom stereocenters. The topological polar surface area (TPSA) is 46.2 Å². The summed E-state index contributed by atoms with van der Waals surface area (Å²) < 4.78 is 13.2. The fourth-order valence-electron chi connectivity index (χ4n) is 1.96. The third kappa shape index (κ3) is 1.72. The number of phenols is 1. The van der Waals surface area contributed by atoms with Crippen LogP contribution in [0.25, 0.3) is 0 Å². The van der Waals surface area contributed by atoms with Crippen LogP contribution in [-0.4, -0.2) is 11.7 Å². The first-order valence-electron chi connectivity index (χ1n) is 5.26. The first kappa shape index (κ1) is 10.4. The van der Waals surface area contributed by atoms with Crippen molar-refractivity contribution < 1.29 is 9.50 Å². The third-order valence-electron chi connectivity index (χ3n) is 3.31. The molecule has 0 heterocycles. The summed E-state index contributed by atoms with van der Waals surface area (Å²) in [5.41, 5.74) is 7.19. The number of alkyl halides is 1. The summed E-state index contributed by atoms with van der Waals surface area (Å²) in [5.74, 6) is 0.0292. The van der Waals surface area contributed by atoms with Crippen LogP contribution in [0.3, 0.4) is 0 Å². The number of aromatic hydroxyl groups is 1. The Labute approximate surface area is 88.9 Å². The van der Waals surface area contributed by atoms with E-state index in [4.69, 9.17) is 5.73 Å². The molecule has 1 aliphatic rings. The summed E-state index contributed by atoms with van der Waals surface area (Å²) in [7, 11) is 0. The molecule has 15 heavy (non-hydrogen) atoms. The molecule has 0 saturated heterocycles. The van der Waals surface area contributed by atoms with E-state index in [1.807, 2.05) is 6.07 Å². The van der Waals surface area contributed by atoms with Gasteiger partial charge in [-0.2, -0.15) is 0 Å². The average molecular weight is 209 g/mol. The molecule has 0 radical (unpaired) electrons. The molecule has 0 amide bonds. The van der Waals surface area contributed by atoms with Gasteiger partial charge in [0.15, 0.2) is 0 Å². The number of hydrogen-bond donors (Lipinski definition) is 2. The molecule has 1 atom stereocenters. The second-order valence-electron chi connectivity index (χ2n) is 4.37. The zero-order chi connectivity index (χ0) is 11.1. The third-order valence-corrected chi connectivity index (χ3v) is 3.31. The molecule has 2 rings (SSSR count). The highest BCUT2D eigenvalue weighted by atomic mass is 19.1. The van der Waals surface area contributed by atoms with Crippen LogP contribution in [-0.2, 0) is 5.41 Å². The molecule has 1 aliphatic carbocycles. The standard InChI is InChI=1S/C12H16FNO/c1-8(13)10-6-9(2-3-11(10)15)12(7-14)4-5-12/h2-3,6,8,15H,4-5,7,14H2,1H3. The average Bonchev–Trinajstić information content (AvgIpc) is 2.99. The van der Waals surface area contributed by atoms with Crippen LogP contribution in [0.1, 0.15) is 37.1 Å². The summed E-state index contributed by atoms with van der Waals surface area (Å²) in [5, 5.41) is 9.49. The van der Waals surface area contributed by atoms with Crippen LogP contribution in [0.15, 0.2) is 18.2 Å². The molecule has 1 aromatic rings. The second-order valence-corrected chi connectivity index (χ2v) is 4.37. The molecule has 0 spiro atoms. The molecule has 3 N–H and O–H groups in total. The number of nitrogens with two attached hydrogens (primary N) is 1. The van der Waals surface area contributed by atoms with E-state index in [1.165, 1.54) is 6.92 Å². The van der Waals surface area contributed by atoms with Gasteiger partial charge in [0, 0.05) is 17.5 Å². The molecule has 3 heteroatoms.